The third-order valence-corrected chi connectivity index (χ3v) is 3.28. The van der Waals surface area contributed by atoms with E-state index >= 15 is 0 Å². The normalized spacial score (nSPS) is 29.1. The smallest absolute Gasteiger partial charge is 0.252 e. The molecule has 2 fully saturated rings. The zero-order valence-electron chi connectivity index (χ0n) is 10.1. The molecule has 2 saturated heterocycles. The van der Waals surface area contributed by atoms with Crippen molar-refractivity contribution in [3.8, 4) is 0 Å². The fraction of sp³-hybridized carbons (Fsp3) is 0.818. The van der Waals surface area contributed by atoms with E-state index in [1.807, 2.05) is 0 Å². The van der Waals surface area contributed by atoms with Crippen LogP contribution in [0.15, 0.2) is 0 Å². The first-order chi connectivity index (χ1) is 8.24. The Labute approximate surface area is 101 Å². The van der Waals surface area contributed by atoms with Gasteiger partial charge in [-0.3, -0.25) is 9.59 Å². The van der Waals surface area contributed by atoms with Crippen LogP contribution in [0.3, 0.4) is 0 Å². The molecule has 0 aromatic carbocycles. The van der Waals surface area contributed by atoms with Gasteiger partial charge in [-0.15, -0.1) is 0 Å². The Morgan fingerprint density at radius 3 is 2.94 bits per heavy atom. The highest BCUT2D eigenvalue weighted by Crippen LogP contribution is 2.17. The van der Waals surface area contributed by atoms with Crippen LogP contribution >= 0.6 is 0 Å². The highest BCUT2D eigenvalue weighted by molar-refractivity contribution is 5.89. The van der Waals surface area contributed by atoms with Crippen LogP contribution in [0.5, 0.6) is 0 Å². The van der Waals surface area contributed by atoms with Crippen molar-refractivity contribution in [2.45, 2.75) is 25.0 Å². The van der Waals surface area contributed by atoms with Gasteiger partial charge < -0.3 is 20.3 Å². The number of piperazine rings is 1. The fourth-order valence-corrected chi connectivity index (χ4v) is 2.33. The van der Waals surface area contributed by atoms with Crippen molar-refractivity contribution in [3.63, 3.8) is 0 Å². The topological polar surface area (TPSA) is 70.7 Å². The van der Waals surface area contributed by atoms with E-state index in [0.29, 0.717) is 19.7 Å². The van der Waals surface area contributed by atoms with Gasteiger partial charge >= 0.3 is 0 Å². The molecule has 2 aliphatic heterocycles. The lowest BCUT2D eigenvalue weighted by Gasteiger charge is -2.36. The summed E-state index contributed by atoms with van der Waals surface area (Å²) in [5.74, 6) is -0.166. The molecule has 2 atom stereocenters. The first kappa shape index (κ1) is 12.3. The van der Waals surface area contributed by atoms with Gasteiger partial charge in [0.05, 0.1) is 0 Å². The number of carbonyl (C=O) groups excluding carboxylic acids is 2. The van der Waals surface area contributed by atoms with E-state index < -0.39 is 6.04 Å². The SMILES string of the molecule is CNC(=O)C1CNCCN1C(=O)[C@@H]1CCCO1. The van der Waals surface area contributed by atoms with Crippen LogP contribution in [0.4, 0.5) is 0 Å². The quantitative estimate of drug-likeness (QED) is 0.631. The minimum atomic E-state index is -0.412. The summed E-state index contributed by atoms with van der Waals surface area (Å²) in [6.07, 6.45) is 1.34. The number of nitrogens with zero attached hydrogens (tertiary/aromatic N) is 1. The lowest BCUT2D eigenvalue weighted by Crippen LogP contribution is -2.60. The predicted octanol–water partition coefficient (Wildman–Crippen LogP) is -1.29. The Balaban J connectivity index is 2.04. The average Bonchev–Trinajstić information content (AvgIpc) is 2.91. The molecule has 2 amide bonds. The molecule has 1 unspecified atom stereocenters. The maximum absolute atomic E-state index is 12.2. The van der Waals surface area contributed by atoms with Crippen LogP contribution in [0.25, 0.3) is 0 Å². The second-order valence-electron chi connectivity index (χ2n) is 4.37. The maximum atomic E-state index is 12.2. The summed E-state index contributed by atoms with van der Waals surface area (Å²) in [5.41, 5.74) is 0. The highest BCUT2D eigenvalue weighted by atomic mass is 16.5. The van der Waals surface area contributed by atoms with Gasteiger partial charge in [0.25, 0.3) is 5.91 Å². The minimum absolute atomic E-state index is 0.0439. The molecule has 0 aromatic heterocycles. The van der Waals surface area contributed by atoms with Crippen LogP contribution in [0, 0.1) is 0 Å². The summed E-state index contributed by atoms with van der Waals surface area (Å²) in [6.45, 7) is 2.45. The molecule has 2 aliphatic rings. The number of hydrogen-bond acceptors (Lipinski definition) is 4. The van der Waals surface area contributed by atoms with Crippen molar-refractivity contribution < 1.29 is 14.3 Å². The number of likely N-dealkylation sites (N-methyl/N-ethyl adjacent to an activating group) is 1. The molecule has 0 saturated carbocycles. The third-order valence-electron chi connectivity index (χ3n) is 3.28. The Morgan fingerprint density at radius 1 is 1.47 bits per heavy atom. The minimum Gasteiger partial charge on any atom is -0.368 e. The van der Waals surface area contributed by atoms with Gasteiger partial charge in [-0.2, -0.15) is 0 Å². The van der Waals surface area contributed by atoms with Gasteiger partial charge in [0.2, 0.25) is 5.91 Å². The number of rotatable bonds is 2. The van der Waals surface area contributed by atoms with Crippen molar-refractivity contribution in [3.05, 3.63) is 0 Å². The van der Waals surface area contributed by atoms with E-state index in [0.717, 1.165) is 19.4 Å². The molecule has 96 valence electrons. The van der Waals surface area contributed by atoms with E-state index in [-0.39, 0.29) is 17.9 Å². The largest absolute Gasteiger partial charge is 0.368 e. The van der Waals surface area contributed by atoms with Crippen molar-refractivity contribution in [2.24, 2.45) is 0 Å². The second-order valence-corrected chi connectivity index (χ2v) is 4.37. The molecule has 0 aliphatic carbocycles. The third kappa shape index (κ3) is 2.58. The van der Waals surface area contributed by atoms with E-state index in [2.05, 4.69) is 10.6 Å². The van der Waals surface area contributed by atoms with E-state index in [9.17, 15) is 9.59 Å². The van der Waals surface area contributed by atoms with Gasteiger partial charge in [0.1, 0.15) is 12.1 Å². The fourth-order valence-electron chi connectivity index (χ4n) is 2.33. The molecule has 0 aromatic rings. The molecule has 2 N–H and O–H groups in total. The first-order valence-corrected chi connectivity index (χ1v) is 6.08. The monoisotopic (exact) mass is 241 g/mol. The van der Waals surface area contributed by atoms with Gasteiger partial charge in [0.15, 0.2) is 0 Å². The van der Waals surface area contributed by atoms with E-state index in [4.69, 9.17) is 4.74 Å². The van der Waals surface area contributed by atoms with Crippen LogP contribution in [0.2, 0.25) is 0 Å². The number of nitrogens with one attached hydrogen (secondary N) is 2. The zero-order chi connectivity index (χ0) is 12.3. The standard InChI is InChI=1S/C11H19N3O3/c1-12-10(15)8-7-13-4-5-14(8)11(16)9-3-2-6-17-9/h8-9,13H,2-7H2,1H3,(H,12,15)/t8?,9-/m0/s1. The number of amides is 2. The highest BCUT2D eigenvalue weighted by Gasteiger charge is 2.36. The van der Waals surface area contributed by atoms with Crippen LogP contribution < -0.4 is 10.6 Å². The van der Waals surface area contributed by atoms with Crippen molar-refractivity contribution in [2.75, 3.05) is 33.3 Å². The Kier molecular flexibility index (Phi) is 3.96. The Morgan fingerprint density at radius 2 is 2.29 bits per heavy atom. The molecule has 0 radical (unpaired) electrons. The van der Waals surface area contributed by atoms with Crippen molar-refractivity contribution >= 4 is 11.8 Å². The van der Waals surface area contributed by atoms with Crippen molar-refractivity contribution in [1.82, 2.24) is 15.5 Å². The lowest BCUT2D eigenvalue weighted by atomic mass is 10.1. The van der Waals surface area contributed by atoms with Gasteiger partial charge in [0, 0.05) is 33.3 Å². The second kappa shape index (κ2) is 5.46. The molecule has 6 heteroatoms. The number of carbonyl (C=O) groups is 2. The van der Waals surface area contributed by atoms with Crippen LogP contribution in [-0.4, -0.2) is 62.1 Å². The average molecular weight is 241 g/mol. The van der Waals surface area contributed by atoms with Crippen LogP contribution in [0.1, 0.15) is 12.8 Å². The van der Waals surface area contributed by atoms with Gasteiger partial charge in [-0.1, -0.05) is 0 Å². The van der Waals surface area contributed by atoms with E-state index in [1.54, 1.807) is 11.9 Å². The number of hydrogen-bond donors (Lipinski definition) is 2. The summed E-state index contributed by atoms with van der Waals surface area (Å²) < 4.78 is 5.39. The van der Waals surface area contributed by atoms with E-state index in [1.165, 1.54) is 0 Å². The molecule has 2 heterocycles. The summed E-state index contributed by atoms with van der Waals surface area (Å²) in [7, 11) is 1.59. The summed E-state index contributed by atoms with van der Waals surface area (Å²) >= 11 is 0. The first-order valence-electron chi connectivity index (χ1n) is 6.08. The molecular weight excluding hydrogens is 222 g/mol. The molecular formula is C11H19N3O3. The van der Waals surface area contributed by atoms with Gasteiger partial charge in [-0.05, 0) is 12.8 Å². The molecule has 0 spiro atoms. The molecule has 0 bridgehead atoms. The summed E-state index contributed by atoms with van der Waals surface area (Å²) in [6, 6.07) is -0.412. The molecule has 17 heavy (non-hydrogen) atoms. The Bertz CT molecular complexity index is 302. The van der Waals surface area contributed by atoms with Crippen LogP contribution in [-0.2, 0) is 14.3 Å². The zero-order valence-corrected chi connectivity index (χ0v) is 10.1. The van der Waals surface area contributed by atoms with Crippen molar-refractivity contribution in [1.29, 1.82) is 0 Å². The maximum Gasteiger partial charge on any atom is 0.252 e. The summed E-state index contributed by atoms with van der Waals surface area (Å²) in [4.78, 5) is 25.6. The number of ether oxygens (including phenoxy) is 1. The summed E-state index contributed by atoms with van der Waals surface area (Å²) in [5, 5.41) is 5.73. The lowest BCUT2D eigenvalue weighted by molar-refractivity contribution is -0.148. The molecule has 2 rings (SSSR count). The predicted molar refractivity (Wildman–Crippen MR) is 61.4 cm³/mol. The van der Waals surface area contributed by atoms with Gasteiger partial charge in [-0.25, -0.2) is 0 Å². The molecule has 6 nitrogen and oxygen atoms in total. The Hall–Kier alpha value is -1.14.